The van der Waals surface area contributed by atoms with E-state index in [2.05, 4.69) is 115 Å². The lowest BCUT2D eigenvalue weighted by Crippen LogP contribution is -2.25. The maximum atomic E-state index is 13.6. The van der Waals surface area contributed by atoms with Gasteiger partial charge in [-0.15, -0.1) is 0 Å². The number of nitrogens with one attached hydrogen (secondary N) is 1. The molecule has 2 heteroatoms. The fraction of sp³-hybridized carbons (Fsp3) is 0.0238. The number of anilines is 1. The summed E-state index contributed by atoms with van der Waals surface area (Å²) >= 11 is 0. The SMILES string of the molecule is O=C(Nc1ccccc1-c1cccc2c1-c1ccccc1C21c2ccccc2-c2ccccc21)c1ccc2ccccc2c1. The molecule has 2 aliphatic rings. The predicted octanol–water partition coefficient (Wildman–Crippen LogP) is 10.1. The van der Waals surface area contributed by atoms with E-state index in [0.29, 0.717) is 5.56 Å². The van der Waals surface area contributed by atoms with Crippen LogP contribution in [-0.2, 0) is 5.41 Å². The standard InChI is InChI=1S/C42H27NO/c44-41(29-25-24-27-12-1-2-13-28(27)26-29)43-39-23-10-6-16-32(39)33-18-11-22-38-40(33)34-17-5-9-21-37(34)42(38)35-19-7-3-14-30(35)31-15-4-8-20-36(31)42/h1-26H,(H,43,44). The normalized spacial score (nSPS) is 13.3. The molecule has 0 aliphatic heterocycles. The Bertz CT molecular complexity index is 2250. The van der Waals surface area contributed by atoms with Crippen LogP contribution in [0.3, 0.4) is 0 Å². The molecule has 0 heterocycles. The van der Waals surface area contributed by atoms with Crippen LogP contribution in [0.4, 0.5) is 5.69 Å². The number of fused-ring (bicyclic) bond motifs is 11. The molecule has 1 spiro atoms. The zero-order valence-corrected chi connectivity index (χ0v) is 23.9. The highest BCUT2D eigenvalue weighted by molar-refractivity contribution is 6.09. The van der Waals surface area contributed by atoms with Crippen molar-refractivity contribution in [2.24, 2.45) is 0 Å². The smallest absolute Gasteiger partial charge is 0.255 e. The highest BCUT2D eigenvalue weighted by Crippen LogP contribution is 2.64. The lowest BCUT2D eigenvalue weighted by atomic mass is 9.70. The summed E-state index contributed by atoms with van der Waals surface area (Å²) in [5.74, 6) is -0.119. The topological polar surface area (TPSA) is 29.1 Å². The second kappa shape index (κ2) is 9.39. The summed E-state index contributed by atoms with van der Waals surface area (Å²) in [6.45, 7) is 0. The third kappa shape index (κ3) is 3.34. The van der Waals surface area contributed by atoms with Crippen LogP contribution in [0.1, 0.15) is 32.6 Å². The molecule has 206 valence electrons. The molecule has 0 fully saturated rings. The number of amides is 1. The Morgan fingerprint density at radius 1 is 0.432 bits per heavy atom. The van der Waals surface area contributed by atoms with Gasteiger partial charge in [0, 0.05) is 16.8 Å². The van der Waals surface area contributed by atoms with Crippen molar-refractivity contribution >= 4 is 22.4 Å². The minimum absolute atomic E-state index is 0.119. The minimum Gasteiger partial charge on any atom is -0.321 e. The first-order chi connectivity index (χ1) is 21.7. The molecule has 0 aromatic heterocycles. The maximum Gasteiger partial charge on any atom is 0.255 e. The highest BCUT2D eigenvalue weighted by atomic mass is 16.1. The molecule has 0 atom stereocenters. The van der Waals surface area contributed by atoms with Crippen LogP contribution < -0.4 is 5.32 Å². The first-order valence-corrected chi connectivity index (χ1v) is 15.1. The molecule has 2 nitrogen and oxygen atoms in total. The number of hydrogen-bond donors (Lipinski definition) is 1. The number of para-hydroxylation sites is 1. The van der Waals surface area contributed by atoms with Gasteiger partial charge in [-0.3, -0.25) is 4.79 Å². The Balaban J connectivity index is 1.24. The quantitative estimate of drug-likeness (QED) is 0.228. The van der Waals surface area contributed by atoms with E-state index in [0.717, 1.165) is 27.6 Å². The van der Waals surface area contributed by atoms with E-state index in [1.54, 1.807) is 0 Å². The monoisotopic (exact) mass is 561 g/mol. The molecule has 2 aliphatic carbocycles. The lowest BCUT2D eigenvalue weighted by Gasteiger charge is -2.30. The molecule has 0 saturated heterocycles. The van der Waals surface area contributed by atoms with Gasteiger partial charge in [0.1, 0.15) is 0 Å². The zero-order chi connectivity index (χ0) is 29.3. The van der Waals surface area contributed by atoms with Crippen molar-refractivity contribution in [2.45, 2.75) is 5.41 Å². The van der Waals surface area contributed by atoms with E-state index in [1.807, 2.05) is 48.5 Å². The van der Waals surface area contributed by atoms with Crippen molar-refractivity contribution < 1.29 is 4.79 Å². The molecule has 1 amide bonds. The molecular formula is C42H27NO. The minimum atomic E-state index is -0.404. The Morgan fingerprint density at radius 3 is 1.68 bits per heavy atom. The molecule has 0 radical (unpaired) electrons. The summed E-state index contributed by atoms with van der Waals surface area (Å²) in [4.78, 5) is 13.6. The number of hydrogen-bond acceptors (Lipinski definition) is 1. The molecular weight excluding hydrogens is 534 g/mol. The zero-order valence-electron chi connectivity index (χ0n) is 23.9. The lowest BCUT2D eigenvalue weighted by molar-refractivity contribution is 0.102. The number of benzene rings is 7. The van der Waals surface area contributed by atoms with E-state index in [1.165, 1.54) is 44.5 Å². The molecule has 0 unspecified atom stereocenters. The summed E-state index contributed by atoms with van der Waals surface area (Å²) in [5, 5.41) is 5.43. The highest BCUT2D eigenvalue weighted by Gasteiger charge is 2.51. The van der Waals surface area contributed by atoms with E-state index in [-0.39, 0.29) is 5.91 Å². The maximum absolute atomic E-state index is 13.6. The van der Waals surface area contributed by atoms with Crippen molar-refractivity contribution in [2.75, 3.05) is 5.32 Å². The van der Waals surface area contributed by atoms with Crippen molar-refractivity contribution in [3.05, 3.63) is 186 Å². The van der Waals surface area contributed by atoms with Crippen LogP contribution in [0.2, 0.25) is 0 Å². The first kappa shape index (κ1) is 24.8. The summed E-state index contributed by atoms with van der Waals surface area (Å²) < 4.78 is 0. The Kier molecular flexibility index (Phi) is 5.30. The summed E-state index contributed by atoms with van der Waals surface area (Å²) in [6, 6.07) is 55.4. The second-order valence-corrected chi connectivity index (χ2v) is 11.7. The molecule has 0 bridgehead atoms. The van der Waals surface area contributed by atoms with Gasteiger partial charge >= 0.3 is 0 Å². The van der Waals surface area contributed by atoms with Crippen LogP contribution in [0.5, 0.6) is 0 Å². The van der Waals surface area contributed by atoms with Gasteiger partial charge in [0.15, 0.2) is 0 Å². The van der Waals surface area contributed by atoms with Gasteiger partial charge in [-0.1, -0.05) is 140 Å². The van der Waals surface area contributed by atoms with Crippen molar-refractivity contribution in [1.82, 2.24) is 0 Å². The fourth-order valence-electron chi connectivity index (χ4n) is 7.72. The van der Waals surface area contributed by atoms with Gasteiger partial charge in [0.25, 0.3) is 5.91 Å². The molecule has 7 aromatic carbocycles. The third-order valence-electron chi connectivity index (χ3n) is 9.50. The van der Waals surface area contributed by atoms with Crippen molar-refractivity contribution in [3.63, 3.8) is 0 Å². The second-order valence-electron chi connectivity index (χ2n) is 11.7. The number of carbonyl (C=O) groups excluding carboxylic acids is 1. The van der Waals surface area contributed by atoms with Gasteiger partial charge < -0.3 is 5.32 Å². The van der Waals surface area contributed by atoms with Crippen LogP contribution in [-0.4, -0.2) is 5.91 Å². The van der Waals surface area contributed by atoms with E-state index < -0.39 is 5.41 Å². The van der Waals surface area contributed by atoms with Crippen molar-refractivity contribution in [1.29, 1.82) is 0 Å². The molecule has 0 saturated carbocycles. The van der Waals surface area contributed by atoms with E-state index in [4.69, 9.17) is 0 Å². The average Bonchev–Trinajstić information content (AvgIpc) is 3.56. The van der Waals surface area contributed by atoms with Crippen LogP contribution in [0.15, 0.2) is 158 Å². The fourth-order valence-corrected chi connectivity index (χ4v) is 7.72. The van der Waals surface area contributed by atoms with Gasteiger partial charge in [-0.2, -0.15) is 0 Å². The number of rotatable bonds is 3. The van der Waals surface area contributed by atoms with E-state index >= 15 is 0 Å². The van der Waals surface area contributed by atoms with E-state index in [9.17, 15) is 4.79 Å². The Hall–Kier alpha value is -5.73. The molecule has 7 aromatic rings. The Morgan fingerprint density at radius 2 is 0.955 bits per heavy atom. The molecule has 1 N–H and O–H groups in total. The average molecular weight is 562 g/mol. The van der Waals surface area contributed by atoms with Crippen molar-refractivity contribution in [3.8, 4) is 33.4 Å². The largest absolute Gasteiger partial charge is 0.321 e. The third-order valence-corrected chi connectivity index (χ3v) is 9.50. The number of carbonyl (C=O) groups is 1. The van der Waals surface area contributed by atoms with Crippen LogP contribution in [0, 0.1) is 0 Å². The van der Waals surface area contributed by atoms with Gasteiger partial charge in [-0.05, 0) is 79.0 Å². The van der Waals surface area contributed by atoms with Gasteiger partial charge in [0.05, 0.1) is 5.41 Å². The Labute approximate surface area is 256 Å². The molecule has 9 rings (SSSR count). The predicted molar refractivity (Wildman–Crippen MR) is 180 cm³/mol. The summed E-state index contributed by atoms with van der Waals surface area (Å²) in [5.41, 5.74) is 13.4. The first-order valence-electron chi connectivity index (χ1n) is 15.1. The van der Waals surface area contributed by atoms with Crippen LogP contribution >= 0.6 is 0 Å². The van der Waals surface area contributed by atoms with Gasteiger partial charge in [0.2, 0.25) is 0 Å². The molecule has 44 heavy (non-hydrogen) atoms. The summed E-state index contributed by atoms with van der Waals surface area (Å²) in [7, 11) is 0. The van der Waals surface area contributed by atoms with Gasteiger partial charge in [-0.25, -0.2) is 0 Å². The van der Waals surface area contributed by atoms with Crippen LogP contribution in [0.25, 0.3) is 44.2 Å². The summed E-state index contributed by atoms with van der Waals surface area (Å²) in [6.07, 6.45) is 0.